The molecule has 1 aliphatic carbocycles. The van der Waals surface area contributed by atoms with Gasteiger partial charge in [0.1, 0.15) is 6.10 Å². The first-order valence-corrected chi connectivity index (χ1v) is 13.2. The largest absolute Gasteiger partial charge is 0.490 e. The summed E-state index contributed by atoms with van der Waals surface area (Å²) in [5.41, 5.74) is 8.03. The zero-order valence-electron chi connectivity index (χ0n) is 22.0. The number of hydrogen-bond donors (Lipinski definition) is 2. The molecule has 3 N–H and O–H groups in total. The van der Waals surface area contributed by atoms with E-state index < -0.39 is 6.10 Å². The molecule has 0 spiro atoms. The molecule has 0 radical (unpaired) electrons. The molecule has 2 aromatic carbocycles. The van der Waals surface area contributed by atoms with Crippen LogP contribution in [-0.2, 0) is 14.3 Å². The van der Waals surface area contributed by atoms with Crippen molar-refractivity contribution < 1.29 is 19.1 Å². The minimum Gasteiger partial charge on any atom is -0.490 e. The number of para-hydroxylation sites is 1. The van der Waals surface area contributed by atoms with Gasteiger partial charge in [0.25, 0.3) is 0 Å². The van der Waals surface area contributed by atoms with Crippen LogP contribution in [0.1, 0.15) is 65.2 Å². The summed E-state index contributed by atoms with van der Waals surface area (Å²) in [6.07, 6.45) is 12.7. The van der Waals surface area contributed by atoms with E-state index in [2.05, 4.69) is 17.5 Å². The molecule has 4 rings (SSSR count). The number of ether oxygens (including phenoxy) is 2. The number of primary amides is 1. The lowest BCUT2D eigenvalue weighted by Crippen LogP contribution is -2.29. The van der Waals surface area contributed by atoms with Crippen molar-refractivity contribution in [2.24, 2.45) is 11.7 Å². The SMILES string of the molecule is CC.COC(CCC/C=C/C1CCCC1)C(N)=O.O=C1CCOc2c(cccc2-c2ccccc2)N1. The Morgan fingerprint density at radius 2 is 1.86 bits per heavy atom. The number of methoxy groups -OCH3 is 1. The first kappa shape index (κ1) is 29.1. The second-order valence-corrected chi connectivity index (χ2v) is 8.73. The lowest BCUT2D eigenvalue weighted by molar-refractivity contribution is -0.128. The van der Waals surface area contributed by atoms with Crippen LogP contribution in [0.25, 0.3) is 11.1 Å². The van der Waals surface area contributed by atoms with E-state index in [0.29, 0.717) is 13.0 Å². The molecular formula is C30H42N2O4. The van der Waals surface area contributed by atoms with Gasteiger partial charge in [0.05, 0.1) is 18.7 Å². The zero-order valence-corrected chi connectivity index (χ0v) is 22.0. The van der Waals surface area contributed by atoms with Crippen molar-refractivity contribution in [3.63, 3.8) is 0 Å². The quantitative estimate of drug-likeness (QED) is 0.323. The van der Waals surface area contributed by atoms with Gasteiger partial charge in [0.2, 0.25) is 11.8 Å². The molecule has 36 heavy (non-hydrogen) atoms. The average molecular weight is 495 g/mol. The van der Waals surface area contributed by atoms with Crippen LogP contribution < -0.4 is 15.8 Å². The average Bonchev–Trinajstić information content (AvgIpc) is 3.35. The Balaban J connectivity index is 0.000000239. The number of carbonyl (C=O) groups is 2. The number of unbranched alkanes of at least 4 members (excludes halogenated alkanes) is 1. The third-order valence-corrected chi connectivity index (χ3v) is 6.20. The maximum absolute atomic E-state index is 11.5. The molecule has 0 saturated heterocycles. The van der Waals surface area contributed by atoms with Gasteiger partial charge < -0.3 is 20.5 Å². The summed E-state index contributed by atoms with van der Waals surface area (Å²) in [6.45, 7) is 4.42. The highest BCUT2D eigenvalue weighted by atomic mass is 16.5. The van der Waals surface area contributed by atoms with Crippen molar-refractivity contribution in [3.8, 4) is 16.9 Å². The molecule has 1 heterocycles. The number of allylic oxidation sites excluding steroid dienone is 2. The Morgan fingerprint density at radius 3 is 2.53 bits per heavy atom. The number of anilines is 1. The van der Waals surface area contributed by atoms with Gasteiger partial charge in [0.15, 0.2) is 5.75 Å². The monoisotopic (exact) mass is 494 g/mol. The molecule has 6 heteroatoms. The van der Waals surface area contributed by atoms with Gasteiger partial charge in [-0.3, -0.25) is 9.59 Å². The Bertz CT molecular complexity index is 953. The van der Waals surface area contributed by atoms with Crippen LogP contribution in [-0.4, -0.2) is 31.6 Å². The predicted molar refractivity (Wildman–Crippen MR) is 147 cm³/mol. The number of nitrogens with two attached hydrogens (primary N) is 1. The zero-order chi connectivity index (χ0) is 26.2. The smallest absolute Gasteiger partial charge is 0.246 e. The molecule has 0 bridgehead atoms. The van der Waals surface area contributed by atoms with E-state index in [1.807, 2.05) is 62.4 Å². The van der Waals surface area contributed by atoms with Gasteiger partial charge >= 0.3 is 0 Å². The molecule has 2 aliphatic rings. The third-order valence-electron chi connectivity index (χ3n) is 6.20. The summed E-state index contributed by atoms with van der Waals surface area (Å²) in [6, 6.07) is 15.8. The van der Waals surface area contributed by atoms with Crippen LogP contribution in [0.3, 0.4) is 0 Å². The van der Waals surface area contributed by atoms with Crippen LogP contribution in [0.2, 0.25) is 0 Å². The van der Waals surface area contributed by atoms with E-state index in [4.69, 9.17) is 15.2 Å². The van der Waals surface area contributed by atoms with Crippen LogP contribution >= 0.6 is 0 Å². The van der Waals surface area contributed by atoms with Gasteiger partial charge in [-0.2, -0.15) is 0 Å². The molecule has 1 aliphatic heterocycles. The molecule has 1 atom stereocenters. The number of carbonyl (C=O) groups excluding carboxylic acids is 2. The van der Waals surface area contributed by atoms with E-state index in [0.717, 1.165) is 47.7 Å². The molecule has 1 saturated carbocycles. The Kier molecular flexibility index (Phi) is 13.4. The second-order valence-electron chi connectivity index (χ2n) is 8.73. The maximum atomic E-state index is 11.5. The molecular weight excluding hydrogens is 452 g/mol. The van der Waals surface area contributed by atoms with E-state index in [-0.39, 0.29) is 11.8 Å². The molecule has 2 amide bonds. The predicted octanol–water partition coefficient (Wildman–Crippen LogP) is 6.50. The van der Waals surface area contributed by atoms with Crippen molar-refractivity contribution in [2.75, 3.05) is 19.0 Å². The number of rotatable bonds is 8. The highest BCUT2D eigenvalue weighted by Crippen LogP contribution is 2.37. The fourth-order valence-electron chi connectivity index (χ4n) is 4.33. The first-order chi connectivity index (χ1) is 17.6. The minimum absolute atomic E-state index is 0.000961. The van der Waals surface area contributed by atoms with Gasteiger partial charge in [0, 0.05) is 12.7 Å². The molecule has 196 valence electrons. The summed E-state index contributed by atoms with van der Waals surface area (Å²) in [7, 11) is 1.53. The summed E-state index contributed by atoms with van der Waals surface area (Å²) in [5, 5.41) is 2.87. The van der Waals surface area contributed by atoms with Crippen molar-refractivity contribution in [1.82, 2.24) is 0 Å². The topological polar surface area (TPSA) is 90.7 Å². The minimum atomic E-state index is -0.417. The van der Waals surface area contributed by atoms with Gasteiger partial charge in [-0.1, -0.05) is 81.3 Å². The van der Waals surface area contributed by atoms with Crippen LogP contribution in [0, 0.1) is 5.92 Å². The molecule has 2 aromatic rings. The summed E-state index contributed by atoms with van der Waals surface area (Å²) >= 11 is 0. The van der Waals surface area contributed by atoms with E-state index >= 15 is 0 Å². The van der Waals surface area contributed by atoms with Gasteiger partial charge in [-0.25, -0.2) is 0 Å². The fraction of sp³-hybridized carbons (Fsp3) is 0.467. The number of fused-ring (bicyclic) bond motifs is 1. The number of amides is 2. The van der Waals surface area contributed by atoms with Gasteiger partial charge in [-0.15, -0.1) is 0 Å². The van der Waals surface area contributed by atoms with Crippen molar-refractivity contribution >= 4 is 17.5 Å². The van der Waals surface area contributed by atoms with Crippen LogP contribution in [0.5, 0.6) is 5.75 Å². The number of benzene rings is 2. The van der Waals surface area contributed by atoms with Crippen molar-refractivity contribution in [2.45, 2.75) is 71.3 Å². The van der Waals surface area contributed by atoms with E-state index in [9.17, 15) is 9.59 Å². The Labute approximate surface area is 216 Å². The van der Waals surface area contributed by atoms with Crippen LogP contribution in [0.15, 0.2) is 60.7 Å². The second kappa shape index (κ2) is 16.5. The van der Waals surface area contributed by atoms with Crippen molar-refractivity contribution in [1.29, 1.82) is 0 Å². The van der Waals surface area contributed by atoms with E-state index in [1.165, 1.54) is 32.8 Å². The molecule has 1 unspecified atom stereocenters. The number of hydrogen-bond acceptors (Lipinski definition) is 4. The number of nitrogens with one attached hydrogen (secondary N) is 1. The Hall–Kier alpha value is -3.12. The maximum Gasteiger partial charge on any atom is 0.246 e. The Morgan fingerprint density at radius 1 is 1.14 bits per heavy atom. The molecule has 0 aromatic heterocycles. The van der Waals surface area contributed by atoms with Gasteiger partial charge in [-0.05, 0) is 49.7 Å². The summed E-state index contributed by atoms with van der Waals surface area (Å²) in [4.78, 5) is 22.4. The third kappa shape index (κ3) is 9.50. The molecule has 1 fully saturated rings. The fourth-order valence-corrected chi connectivity index (χ4v) is 4.33. The lowest BCUT2D eigenvalue weighted by atomic mass is 10.0. The van der Waals surface area contributed by atoms with Crippen molar-refractivity contribution in [3.05, 3.63) is 60.7 Å². The summed E-state index contributed by atoms with van der Waals surface area (Å²) in [5.74, 6) is 1.20. The van der Waals surface area contributed by atoms with Crippen LogP contribution in [0.4, 0.5) is 5.69 Å². The molecule has 6 nitrogen and oxygen atoms in total. The highest BCUT2D eigenvalue weighted by Gasteiger charge is 2.17. The summed E-state index contributed by atoms with van der Waals surface area (Å²) < 4.78 is 10.7. The highest BCUT2D eigenvalue weighted by molar-refractivity contribution is 5.95. The first-order valence-electron chi connectivity index (χ1n) is 13.2. The normalized spacial score (nSPS) is 15.8. The lowest BCUT2D eigenvalue weighted by Gasteiger charge is -2.12. The standard InChI is InChI=1S/C15H13NO2.C13H23NO2.C2H6/c17-14-9-10-18-15-12(7-4-8-13(15)16-14)11-5-2-1-3-6-11;1-16-12(13(14)15)10-4-2-3-7-11-8-5-6-9-11;1-2/h1-8H,9-10H2,(H,16,17);3,7,11-12H,2,4-6,8-10H2,1H3,(H2,14,15);1-2H3/b;7-3+;. The van der Waals surface area contributed by atoms with E-state index in [1.54, 1.807) is 0 Å².